The van der Waals surface area contributed by atoms with Crippen LogP contribution in [-0.2, 0) is 0 Å². The van der Waals surface area contributed by atoms with Crippen LogP contribution in [0.3, 0.4) is 0 Å². The fraction of sp³-hybridized carbons (Fsp3) is 0.938. The lowest BCUT2D eigenvalue weighted by Gasteiger charge is -2.42. The highest BCUT2D eigenvalue weighted by molar-refractivity contribution is 5.75. The van der Waals surface area contributed by atoms with Gasteiger partial charge in [-0.25, -0.2) is 4.79 Å². The van der Waals surface area contributed by atoms with Gasteiger partial charge in [-0.2, -0.15) is 0 Å². The SMILES string of the molecule is O=C(NC1(O)CCCCC1)N1CCN(C2CCNCC2)CC1. The second-order valence-corrected chi connectivity index (χ2v) is 7.03. The van der Waals surface area contributed by atoms with Gasteiger partial charge in [-0.05, 0) is 51.6 Å². The molecule has 0 aromatic carbocycles. The van der Waals surface area contributed by atoms with E-state index in [4.69, 9.17) is 0 Å². The predicted octanol–water partition coefficient (Wildman–Crippen LogP) is 0.718. The number of nitrogens with one attached hydrogen (secondary N) is 2. The fourth-order valence-corrected chi connectivity index (χ4v) is 4.00. The van der Waals surface area contributed by atoms with Crippen molar-refractivity contribution in [1.82, 2.24) is 20.4 Å². The molecule has 6 heteroatoms. The summed E-state index contributed by atoms with van der Waals surface area (Å²) in [5.74, 6) is 0. The van der Waals surface area contributed by atoms with Crippen molar-refractivity contribution in [2.45, 2.75) is 56.7 Å². The number of carbonyl (C=O) groups excluding carboxylic acids is 1. The van der Waals surface area contributed by atoms with Crippen LogP contribution in [0.15, 0.2) is 0 Å². The average Bonchev–Trinajstić information content (AvgIpc) is 2.56. The van der Waals surface area contributed by atoms with Crippen LogP contribution in [-0.4, -0.2) is 72.0 Å². The molecule has 2 amide bonds. The van der Waals surface area contributed by atoms with Gasteiger partial charge in [0.1, 0.15) is 5.72 Å². The number of rotatable bonds is 2. The van der Waals surface area contributed by atoms with Crippen molar-refractivity contribution in [3.05, 3.63) is 0 Å². The molecule has 0 spiro atoms. The van der Waals surface area contributed by atoms with Crippen LogP contribution < -0.4 is 10.6 Å². The lowest BCUT2D eigenvalue weighted by Crippen LogP contribution is -2.59. The number of nitrogens with zero attached hydrogens (tertiary/aromatic N) is 2. The molecular formula is C16H30N4O2. The summed E-state index contributed by atoms with van der Waals surface area (Å²) in [4.78, 5) is 16.8. The lowest BCUT2D eigenvalue weighted by atomic mass is 9.92. The predicted molar refractivity (Wildman–Crippen MR) is 85.6 cm³/mol. The molecule has 2 saturated heterocycles. The van der Waals surface area contributed by atoms with Crippen molar-refractivity contribution in [3.8, 4) is 0 Å². The molecule has 1 saturated carbocycles. The standard InChI is InChI=1S/C16H30N4O2/c21-15(18-16(22)6-2-1-3-7-16)20-12-10-19(11-13-20)14-4-8-17-9-5-14/h14,17,22H,1-13H2,(H,18,21). The maximum Gasteiger partial charge on any atom is 0.319 e. The minimum Gasteiger partial charge on any atom is -0.371 e. The molecule has 0 aromatic rings. The third-order valence-corrected chi connectivity index (χ3v) is 5.45. The molecular weight excluding hydrogens is 280 g/mol. The van der Waals surface area contributed by atoms with Crippen LogP contribution in [0.5, 0.6) is 0 Å². The molecule has 3 rings (SSSR count). The molecule has 1 aliphatic carbocycles. The minimum atomic E-state index is -0.971. The molecule has 3 fully saturated rings. The van der Waals surface area contributed by atoms with Crippen LogP contribution >= 0.6 is 0 Å². The highest BCUT2D eigenvalue weighted by Crippen LogP contribution is 2.26. The minimum absolute atomic E-state index is 0.0886. The summed E-state index contributed by atoms with van der Waals surface area (Å²) in [6, 6.07) is 0.586. The van der Waals surface area contributed by atoms with E-state index in [0.717, 1.165) is 58.5 Å². The van der Waals surface area contributed by atoms with Gasteiger partial charge in [0.25, 0.3) is 0 Å². The Hall–Kier alpha value is -0.850. The Labute approximate surface area is 133 Å². The van der Waals surface area contributed by atoms with E-state index in [0.29, 0.717) is 18.9 Å². The molecule has 3 aliphatic rings. The first-order valence-corrected chi connectivity index (χ1v) is 8.91. The van der Waals surface area contributed by atoms with Gasteiger partial charge in [0, 0.05) is 32.2 Å². The molecule has 0 aromatic heterocycles. The number of urea groups is 1. The van der Waals surface area contributed by atoms with Crippen molar-refractivity contribution in [2.75, 3.05) is 39.3 Å². The van der Waals surface area contributed by atoms with E-state index in [1.807, 2.05) is 4.90 Å². The van der Waals surface area contributed by atoms with Gasteiger partial charge in [-0.1, -0.05) is 6.42 Å². The Balaban J connectivity index is 1.45. The quantitative estimate of drug-likeness (QED) is 0.658. The summed E-state index contributed by atoms with van der Waals surface area (Å²) in [5.41, 5.74) is -0.971. The molecule has 0 radical (unpaired) electrons. The number of amides is 2. The second kappa shape index (κ2) is 7.15. The van der Waals surface area contributed by atoms with Gasteiger partial charge >= 0.3 is 6.03 Å². The Morgan fingerprint density at radius 2 is 1.68 bits per heavy atom. The molecule has 126 valence electrons. The van der Waals surface area contributed by atoms with E-state index in [1.54, 1.807) is 0 Å². The molecule has 6 nitrogen and oxygen atoms in total. The van der Waals surface area contributed by atoms with Crippen LogP contribution in [0.4, 0.5) is 4.79 Å². The highest BCUT2D eigenvalue weighted by atomic mass is 16.3. The monoisotopic (exact) mass is 310 g/mol. The number of piperidine rings is 1. The van der Waals surface area contributed by atoms with Gasteiger partial charge < -0.3 is 20.6 Å². The Kier molecular flexibility index (Phi) is 5.21. The first-order valence-electron chi connectivity index (χ1n) is 8.91. The van der Waals surface area contributed by atoms with Crippen molar-refractivity contribution in [1.29, 1.82) is 0 Å². The van der Waals surface area contributed by atoms with Crippen LogP contribution in [0.2, 0.25) is 0 Å². The van der Waals surface area contributed by atoms with Gasteiger partial charge in [-0.3, -0.25) is 4.90 Å². The molecule has 0 atom stereocenters. The largest absolute Gasteiger partial charge is 0.371 e. The summed E-state index contributed by atoms with van der Waals surface area (Å²) in [7, 11) is 0. The maximum atomic E-state index is 12.4. The van der Waals surface area contributed by atoms with Gasteiger partial charge in [0.05, 0.1) is 0 Å². The smallest absolute Gasteiger partial charge is 0.319 e. The first-order chi connectivity index (χ1) is 10.7. The normalized spacial score (nSPS) is 27.6. The van der Waals surface area contributed by atoms with E-state index in [9.17, 15) is 9.90 Å². The van der Waals surface area contributed by atoms with E-state index in [-0.39, 0.29) is 6.03 Å². The third-order valence-electron chi connectivity index (χ3n) is 5.45. The second-order valence-electron chi connectivity index (χ2n) is 7.03. The van der Waals surface area contributed by atoms with E-state index in [2.05, 4.69) is 15.5 Å². The van der Waals surface area contributed by atoms with Crippen molar-refractivity contribution < 1.29 is 9.90 Å². The van der Waals surface area contributed by atoms with E-state index in [1.165, 1.54) is 12.8 Å². The zero-order chi connectivity index (χ0) is 15.4. The first kappa shape index (κ1) is 16.0. The Morgan fingerprint density at radius 1 is 1.05 bits per heavy atom. The van der Waals surface area contributed by atoms with Gasteiger partial charge in [-0.15, -0.1) is 0 Å². The molecule has 0 bridgehead atoms. The Bertz CT molecular complexity index is 370. The molecule has 0 unspecified atom stereocenters. The van der Waals surface area contributed by atoms with Crippen LogP contribution in [0.25, 0.3) is 0 Å². The maximum absolute atomic E-state index is 12.4. The van der Waals surface area contributed by atoms with Gasteiger partial charge in [0.2, 0.25) is 0 Å². The summed E-state index contributed by atoms with van der Waals surface area (Å²) in [6.07, 6.45) is 6.97. The molecule has 2 aliphatic heterocycles. The topological polar surface area (TPSA) is 67.8 Å². The number of piperazine rings is 1. The van der Waals surface area contributed by atoms with E-state index >= 15 is 0 Å². The molecule has 2 heterocycles. The molecule has 22 heavy (non-hydrogen) atoms. The zero-order valence-electron chi connectivity index (χ0n) is 13.5. The van der Waals surface area contributed by atoms with Crippen LogP contribution in [0, 0.1) is 0 Å². The fourth-order valence-electron chi connectivity index (χ4n) is 4.00. The summed E-state index contributed by atoms with van der Waals surface area (Å²) in [5, 5.41) is 16.7. The van der Waals surface area contributed by atoms with Crippen LogP contribution in [0.1, 0.15) is 44.9 Å². The number of carbonyl (C=O) groups is 1. The summed E-state index contributed by atoms with van der Waals surface area (Å²) < 4.78 is 0. The Morgan fingerprint density at radius 3 is 2.32 bits per heavy atom. The zero-order valence-corrected chi connectivity index (χ0v) is 13.5. The molecule has 3 N–H and O–H groups in total. The highest BCUT2D eigenvalue weighted by Gasteiger charge is 2.33. The number of hydrogen-bond donors (Lipinski definition) is 3. The average molecular weight is 310 g/mol. The summed E-state index contributed by atoms with van der Waals surface area (Å²) >= 11 is 0. The van der Waals surface area contributed by atoms with Crippen molar-refractivity contribution >= 4 is 6.03 Å². The number of aliphatic hydroxyl groups is 1. The lowest BCUT2D eigenvalue weighted by molar-refractivity contribution is -0.0224. The van der Waals surface area contributed by atoms with Gasteiger partial charge in [0.15, 0.2) is 0 Å². The van der Waals surface area contributed by atoms with Crippen molar-refractivity contribution in [2.24, 2.45) is 0 Å². The summed E-state index contributed by atoms with van der Waals surface area (Å²) in [6.45, 7) is 5.67. The van der Waals surface area contributed by atoms with Crippen molar-refractivity contribution in [3.63, 3.8) is 0 Å². The number of hydrogen-bond acceptors (Lipinski definition) is 4. The van der Waals surface area contributed by atoms with E-state index < -0.39 is 5.72 Å². The third kappa shape index (κ3) is 3.91.